The molecule has 2 aromatic rings. The fourth-order valence-corrected chi connectivity index (χ4v) is 3.48. The molecule has 0 saturated carbocycles. The van der Waals surface area contributed by atoms with E-state index < -0.39 is 0 Å². The van der Waals surface area contributed by atoms with Crippen molar-refractivity contribution in [3.63, 3.8) is 0 Å². The highest BCUT2D eigenvalue weighted by Crippen LogP contribution is 2.33. The van der Waals surface area contributed by atoms with Gasteiger partial charge in [0.25, 0.3) is 5.91 Å². The molecule has 0 fully saturated rings. The van der Waals surface area contributed by atoms with E-state index >= 15 is 0 Å². The Labute approximate surface area is 164 Å². The molecule has 1 aromatic heterocycles. The van der Waals surface area contributed by atoms with Crippen LogP contribution in [0.2, 0.25) is 0 Å². The monoisotopic (exact) mass is 373 g/mol. The van der Waals surface area contributed by atoms with Crippen LogP contribution in [0.15, 0.2) is 65.5 Å². The van der Waals surface area contributed by atoms with Crippen LogP contribution in [0.5, 0.6) is 0 Å². The molecule has 1 N–H and O–H groups in total. The first-order valence-corrected chi connectivity index (χ1v) is 9.57. The summed E-state index contributed by atoms with van der Waals surface area (Å²) in [5.41, 5.74) is 5.40. The molecule has 5 heteroatoms. The Morgan fingerprint density at radius 1 is 1.11 bits per heavy atom. The molecule has 4 rings (SSSR count). The van der Waals surface area contributed by atoms with Crippen LogP contribution in [-0.2, 0) is 6.54 Å². The van der Waals surface area contributed by atoms with Gasteiger partial charge in [-0.25, -0.2) is 4.98 Å². The number of amides is 1. The summed E-state index contributed by atoms with van der Waals surface area (Å²) in [4.78, 5) is 19.6. The zero-order valence-corrected chi connectivity index (χ0v) is 16.1. The minimum Gasteiger partial charge on any atom is -0.472 e. The summed E-state index contributed by atoms with van der Waals surface area (Å²) in [6.07, 6.45) is 2.92. The second kappa shape index (κ2) is 7.82. The molecule has 5 nitrogen and oxygen atoms in total. The van der Waals surface area contributed by atoms with Crippen LogP contribution in [0, 0.1) is 0 Å². The Morgan fingerprint density at radius 2 is 1.93 bits per heavy atom. The summed E-state index contributed by atoms with van der Waals surface area (Å²) < 4.78 is 4.99. The number of hydrogen-bond donors (Lipinski definition) is 1. The van der Waals surface area contributed by atoms with E-state index in [4.69, 9.17) is 9.40 Å². The van der Waals surface area contributed by atoms with Gasteiger partial charge in [0.2, 0.25) is 0 Å². The number of carbonyl (C=O) groups is 1. The first-order chi connectivity index (χ1) is 13.7. The lowest BCUT2D eigenvalue weighted by atomic mass is 10.1. The van der Waals surface area contributed by atoms with Crippen LogP contribution in [0.3, 0.4) is 0 Å². The van der Waals surface area contributed by atoms with Gasteiger partial charge in [-0.2, -0.15) is 0 Å². The van der Waals surface area contributed by atoms with Crippen molar-refractivity contribution < 1.29 is 9.21 Å². The number of rotatable bonds is 6. The molecule has 142 valence electrons. The number of nitrogens with one attached hydrogen (secondary N) is 1. The van der Waals surface area contributed by atoms with Crippen molar-refractivity contribution in [1.82, 2.24) is 9.88 Å². The van der Waals surface area contributed by atoms with E-state index in [2.05, 4.69) is 48.3 Å². The molecule has 0 saturated heterocycles. The van der Waals surface area contributed by atoms with Crippen LogP contribution in [0.4, 0.5) is 5.69 Å². The molecule has 0 unspecified atom stereocenters. The third-order valence-corrected chi connectivity index (χ3v) is 5.08. The molecule has 0 spiro atoms. The molecule has 2 aliphatic rings. The Hall–Kier alpha value is -3.18. The third-order valence-electron chi connectivity index (χ3n) is 5.08. The molecule has 0 atom stereocenters. The Morgan fingerprint density at radius 3 is 2.68 bits per heavy atom. The molecular formula is C23H23N3O2. The van der Waals surface area contributed by atoms with Crippen LogP contribution >= 0.6 is 0 Å². The SMILES string of the molecule is CCN(CC)Cc1cccc2c3cccc(NC(=O)c4ccoc4)cc-3nc12. The van der Waals surface area contributed by atoms with Gasteiger partial charge in [-0.3, -0.25) is 9.69 Å². The van der Waals surface area contributed by atoms with E-state index in [1.807, 2.05) is 18.2 Å². The normalized spacial score (nSPS) is 11.4. The molecule has 1 aliphatic carbocycles. The van der Waals surface area contributed by atoms with Gasteiger partial charge in [0.15, 0.2) is 0 Å². The molecule has 1 aromatic carbocycles. The van der Waals surface area contributed by atoms with Gasteiger partial charge >= 0.3 is 0 Å². The molecule has 2 heterocycles. The Kier molecular flexibility index (Phi) is 5.08. The van der Waals surface area contributed by atoms with E-state index in [9.17, 15) is 4.79 Å². The summed E-state index contributed by atoms with van der Waals surface area (Å²) in [5.74, 6) is -0.202. The number of para-hydroxylation sites is 1. The van der Waals surface area contributed by atoms with E-state index in [0.29, 0.717) is 11.3 Å². The van der Waals surface area contributed by atoms with E-state index in [0.717, 1.165) is 41.8 Å². The highest BCUT2D eigenvalue weighted by molar-refractivity contribution is 6.05. The molecular weight excluding hydrogens is 350 g/mol. The summed E-state index contributed by atoms with van der Waals surface area (Å²) >= 11 is 0. The van der Waals surface area contributed by atoms with Crippen LogP contribution in [0.25, 0.3) is 22.2 Å². The predicted molar refractivity (Wildman–Crippen MR) is 112 cm³/mol. The highest BCUT2D eigenvalue weighted by Gasteiger charge is 2.16. The van der Waals surface area contributed by atoms with Gasteiger partial charge in [0, 0.05) is 23.2 Å². The third kappa shape index (κ3) is 3.49. The number of carbonyl (C=O) groups excluding carboxylic acids is 1. The van der Waals surface area contributed by atoms with Gasteiger partial charge in [-0.1, -0.05) is 44.2 Å². The largest absolute Gasteiger partial charge is 0.472 e. The van der Waals surface area contributed by atoms with Crippen LogP contribution < -0.4 is 5.32 Å². The van der Waals surface area contributed by atoms with Crippen LogP contribution in [-0.4, -0.2) is 28.9 Å². The topological polar surface area (TPSA) is 58.4 Å². The number of nitrogens with zero attached hydrogens (tertiary/aromatic N) is 2. The summed E-state index contributed by atoms with van der Waals surface area (Å²) in [6, 6.07) is 15.8. The summed E-state index contributed by atoms with van der Waals surface area (Å²) in [7, 11) is 0. The minimum atomic E-state index is -0.202. The van der Waals surface area contributed by atoms with Crippen molar-refractivity contribution in [1.29, 1.82) is 0 Å². The van der Waals surface area contributed by atoms with Crippen molar-refractivity contribution in [2.45, 2.75) is 20.4 Å². The summed E-state index contributed by atoms with van der Waals surface area (Å²) in [6.45, 7) is 7.24. The second-order valence-corrected chi connectivity index (χ2v) is 6.78. The van der Waals surface area contributed by atoms with Gasteiger partial charge in [0.05, 0.1) is 23.0 Å². The maximum absolute atomic E-state index is 12.3. The molecule has 0 radical (unpaired) electrons. The maximum atomic E-state index is 12.3. The first-order valence-electron chi connectivity index (χ1n) is 9.57. The fourth-order valence-electron chi connectivity index (χ4n) is 3.48. The number of hydrogen-bond acceptors (Lipinski definition) is 4. The van der Waals surface area contributed by atoms with Crippen molar-refractivity contribution >= 4 is 22.5 Å². The Balaban J connectivity index is 1.72. The lowest BCUT2D eigenvalue weighted by Crippen LogP contribution is -2.22. The second-order valence-electron chi connectivity index (χ2n) is 6.78. The van der Waals surface area contributed by atoms with Crippen molar-refractivity contribution in [3.8, 4) is 11.3 Å². The molecule has 28 heavy (non-hydrogen) atoms. The first kappa shape index (κ1) is 18.2. The van der Waals surface area contributed by atoms with Crippen molar-refractivity contribution in [2.75, 3.05) is 18.4 Å². The molecule has 1 aliphatic heterocycles. The number of furan rings is 1. The standard InChI is InChI=1S/C23H23N3O2/c1-3-26(4-2)14-16-7-5-10-20-19-9-6-8-18(13-21(19)25-22(16)20)24-23(27)17-11-12-28-15-17/h5-13,15H,3-4,14H2,1-2H3,(H,24,27). The van der Waals surface area contributed by atoms with E-state index in [1.54, 1.807) is 6.07 Å². The van der Waals surface area contributed by atoms with Crippen molar-refractivity contribution in [3.05, 3.63) is 72.2 Å². The number of benzene rings is 1. The highest BCUT2D eigenvalue weighted by atomic mass is 16.3. The minimum absolute atomic E-state index is 0.202. The predicted octanol–water partition coefficient (Wildman–Crippen LogP) is 5.03. The fraction of sp³-hybridized carbons (Fsp3) is 0.217. The molecule has 1 amide bonds. The average molecular weight is 373 g/mol. The zero-order valence-electron chi connectivity index (χ0n) is 16.1. The van der Waals surface area contributed by atoms with E-state index in [-0.39, 0.29) is 5.91 Å². The Bertz CT molecular complexity index is 1070. The van der Waals surface area contributed by atoms with Crippen molar-refractivity contribution in [2.24, 2.45) is 0 Å². The maximum Gasteiger partial charge on any atom is 0.258 e. The van der Waals surface area contributed by atoms with Gasteiger partial charge in [-0.05, 0) is 36.9 Å². The number of anilines is 1. The number of aromatic nitrogens is 1. The van der Waals surface area contributed by atoms with Gasteiger partial charge in [-0.15, -0.1) is 0 Å². The lowest BCUT2D eigenvalue weighted by Gasteiger charge is -2.18. The van der Waals surface area contributed by atoms with Gasteiger partial charge in [0.1, 0.15) is 6.26 Å². The molecule has 0 bridgehead atoms. The smallest absolute Gasteiger partial charge is 0.258 e. The number of fused-ring (bicyclic) bond motifs is 3. The van der Waals surface area contributed by atoms with Gasteiger partial charge < -0.3 is 9.73 Å². The lowest BCUT2D eigenvalue weighted by molar-refractivity contribution is 0.102. The van der Waals surface area contributed by atoms with Crippen LogP contribution in [0.1, 0.15) is 29.8 Å². The van der Waals surface area contributed by atoms with E-state index in [1.165, 1.54) is 18.1 Å². The summed E-state index contributed by atoms with van der Waals surface area (Å²) in [5, 5.41) is 4.06. The zero-order chi connectivity index (χ0) is 19.5. The quantitative estimate of drug-likeness (QED) is 0.515. The average Bonchev–Trinajstić information content (AvgIpc) is 3.31.